The molecule has 0 aliphatic rings. The van der Waals surface area contributed by atoms with Gasteiger partial charge in [-0.15, -0.1) is 0 Å². The van der Waals surface area contributed by atoms with Crippen LogP contribution in [0.15, 0.2) is 18.2 Å². The van der Waals surface area contributed by atoms with Crippen molar-refractivity contribution in [2.45, 2.75) is 6.54 Å². The summed E-state index contributed by atoms with van der Waals surface area (Å²) in [5.41, 5.74) is 0.590. The first-order chi connectivity index (χ1) is 5.68. The van der Waals surface area contributed by atoms with E-state index in [9.17, 15) is 8.76 Å². The highest BCUT2D eigenvalue weighted by molar-refractivity contribution is 7.77. The minimum atomic E-state index is -2.26. The number of hydrogen-bond donors (Lipinski definition) is 1. The van der Waals surface area contributed by atoms with E-state index >= 15 is 0 Å². The predicted molar refractivity (Wildman–Crippen MR) is 45.0 cm³/mol. The zero-order valence-corrected chi connectivity index (χ0v) is 7.56. The van der Waals surface area contributed by atoms with Gasteiger partial charge in [-0.1, -0.05) is 17.7 Å². The number of pyridine rings is 1. The summed E-state index contributed by atoms with van der Waals surface area (Å²) in [7, 11) is 0. The fraction of sp³-hybridized carbons (Fsp3) is 0.167. The average Bonchev–Trinajstić information content (AvgIpc) is 2.01. The van der Waals surface area contributed by atoms with E-state index in [2.05, 4.69) is 9.71 Å². The molecule has 0 aliphatic carbocycles. The molecular formula is C6H6ClN2O2S-. The van der Waals surface area contributed by atoms with Gasteiger partial charge in [-0.3, -0.25) is 4.21 Å². The van der Waals surface area contributed by atoms with Crippen molar-refractivity contribution in [1.82, 2.24) is 9.71 Å². The molecule has 12 heavy (non-hydrogen) atoms. The number of aromatic nitrogens is 1. The maximum atomic E-state index is 10.1. The minimum Gasteiger partial charge on any atom is -0.760 e. The third-order valence-corrected chi connectivity index (χ3v) is 1.73. The van der Waals surface area contributed by atoms with E-state index in [1.165, 1.54) is 0 Å². The van der Waals surface area contributed by atoms with E-state index in [4.69, 9.17) is 11.6 Å². The fourth-order valence-electron chi connectivity index (χ4n) is 0.682. The normalized spacial score (nSPS) is 12.8. The second-order valence-electron chi connectivity index (χ2n) is 2.01. The van der Waals surface area contributed by atoms with Crippen LogP contribution in [-0.4, -0.2) is 13.7 Å². The molecule has 0 amide bonds. The molecule has 1 heterocycles. The van der Waals surface area contributed by atoms with Crippen LogP contribution in [0.5, 0.6) is 0 Å². The molecule has 0 fully saturated rings. The molecule has 0 aromatic carbocycles. The van der Waals surface area contributed by atoms with Gasteiger partial charge in [0.25, 0.3) is 0 Å². The third-order valence-electron chi connectivity index (χ3n) is 1.14. The van der Waals surface area contributed by atoms with Crippen LogP contribution in [0.2, 0.25) is 5.15 Å². The Morgan fingerprint density at radius 2 is 2.42 bits per heavy atom. The Morgan fingerprint density at radius 3 is 3.00 bits per heavy atom. The van der Waals surface area contributed by atoms with Crippen molar-refractivity contribution < 1.29 is 8.76 Å². The molecule has 0 spiro atoms. The van der Waals surface area contributed by atoms with Crippen molar-refractivity contribution >= 4 is 22.9 Å². The van der Waals surface area contributed by atoms with E-state index in [0.29, 0.717) is 10.8 Å². The fourth-order valence-corrected chi connectivity index (χ4v) is 1.13. The van der Waals surface area contributed by atoms with Crippen molar-refractivity contribution in [3.05, 3.63) is 29.0 Å². The van der Waals surface area contributed by atoms with Crippen molar-refractivity contribution in [2.75, 3.05) is 0 Å². The van der Waals surface area contributed by atoms with Crippen LogP contribution in [0.25, 0.3) is 0 Å². The van der Waals surface area contributed by atoms with Gasteiger partial charge in [-0.2, -0.15) is 0 Å². The summed E-state index contributed by atoms with van der Waals surface area (Å²) < 4.78 is 22.4. The molecular weight excluding hydrogens is 200 g/mol. The maximum absolute atomic E-state index is 10.1. The summed E-state index contributed by atoms with van der Waals surface area (Å²) in [4.78, 5) is 3.87. The summed E-state index contributed by atoms with van der Waals surface area (Å²) >= 11 is 3.31. The van der Waals surface area contributed by atoms with E-state index in [1.54, 1.807) is 18.2 Å². The van der Waals surface area contributed by atoms with Crippen molar-refractivity contribution in [1.29, 1.82) is 0 Å². The number of rotatable bonds is 3. The second kappa shape index (κ2) is 4.51. The van der Waals surface area contributed by atoms with Crippen LogP contribution in [0.1, 0.15) is 5.69 Å². The van der Waals surface area contributed by atoms with Gasteiger partial charge >= 0.3 is 0 Å². The Balaban J connectivity index is 2.57. The highest BCUT2D eigenvalue weighted by atomic mass is 35.5. The zero-order valence-electron chi connectivity index (χ0n) is 5.99. The Hall–Kier alpha value is -0.490. The van der Waals surface area contributed by atoms with Gasteiger partial charge < -0.3 is 4.55 Å². The monoisotopic (exact) mass is 205 g/mol. The van der Waals surface area contributed by atoms with E-state index in [-0.39, 0.29) is 6.54 Å². The van der Waals surface area contributed by atoms with E-state index in [1.807, 2.05) is 0 Å². The van der Waals surface area contributed by atoms with E-state index < -0.39 is 11.3 Å². The molecule has 1 atom stereocenters. The molecule has 0 saturated carbocycles. The molecule has 0 radical (unpaired) electrons. The summed E-state index contributed by atoms with van der Waals surface area (Å²) in [6, 6.07) is 5.02. The third kappa shape index (κ3) is 3.27. The van der Waals surface area contributed by atoms with Crippen molar-refractivity contribution in [2.24, 2.45) is 0 Å². The second-order valence-corrected chi connectivity index (χ2v) is 3.15. The first-order valence-electron chi connectivity index (χ1n) is 3.12. The Morgan fingerprint density at radius 1 is 1.67 bits per heavy atom. The lowest BCUT2D eigenvalue weighted by molar-refractivity contribution is 0.522. The standard InChI is InChI=1S/C6H7ClN2O2S/c7-6-3-1-2-5(9-6)4-8-12(10)11/h1-3,8H,4H2,(H,10,11)/p-1. The molecule has 66 valence electrons. The molecule has 1 rings (SSSR count). The minimum absolute atomic E-state index is 0.163. The molecule has 1 N–H and O–H groups in total. The molecule has 0 bridgehead atoms. The lowest BCUT2D eigenvalue weighted by Gasteiger charge is -2.05. The maximum Gasteiger partial charge on any atom is 0.129 e. The van der Waals surface area contributed by atoms with Gasteiger partial charge in [-0.25, -0.2) is 9.71 Å². The number of halogens is 1. The van der Waals surface area contributed by atoms with E-state index in [0.717, 1.165) is 0 Å². The number of hydrogen-bond acceptors (Lipinski definition) is 3. The SMILES string of the molecule is O=S([O-])NCc1cccc(Cl)n1. The Bertz CT molecular complexity index is 295. The van der Waals surface area contributed by atoms with Gasteiger partial charge in [-0.05, 0) is 12.1 Å². The lowest BCUT2D eigenvalue weighted by Crippen LogP contribution is -2.16. The largest absolute Gasteiger partial charge is 0.760 e. The molecule has 1 aromatic heterocycles. The van der Waals surface area contributed by atoms with Crippen molar-refractivity contribution in [3.8, 4) is 0 Å². The predicted octanol–water partition coefficient (Wildman–Crippen LogP) is 0.619. The molecule has 1 aromatic rings. The highest BCUT2D eigenvalue weighted by Gasteiger charge is 1.94. The van der Waals surface area contributed by atoms with Crippen LogP contribution in [0.4, 0.5) is 0 Å². The van der Waals surface area contributed by atoms with Crippen molar-refractivity contribution in [3.63, 3.8) is 0 Å². The first kappa shape index (κ1) is 9.60. The zero-order chi connectivity index (χ0) is 8.97. The molecule has 4 nitrogen and oxygen atoms in total. The molecule has 0 saturated heterocycles. The molecule has 1 unspecified atom stereocenters. The Kier molecular flexibility index (Phi) is 3.61. The Labute approximate surface area is 77.4 Å². The van der Waals surface area contributed by atoms with Gasteiger partial charge in [0.15, 0.2) is 0 Å². The van der Waals surface area contributed by atoms with Gasteiger partial charge in [0.05, 0.1) is 5.69 Å². The van der Waals surface area contributed by atoms with Crippen LogP contribution in [-0.2, 0) is 17.8 Å². The topological polar surface area (TPSA) is 65.0 Å². The number of nitrogens with zero attached hydrogens (tertiary/aromatic N) is 1. The van der Waals surface area contributed by atoms with Crippen LogP contribution >= 0.6 is 11.6 Å². The smallest absolute Gasteiger partial charge is 0.129 e. The molecule has 6 heteroatoms. The van der Waals surface area contributed by atoms with Gasteiger partial charge in [0.2, 0.25) is 0 Å². The highest BCUT2D eigenvalue weighted by Crippen LogP contribution is 2.04. The van der Waals surface area contributed by atoms with Crippen LogP contribution in [0.3, 0.4) is 0 Å². The average molecular weight is 206 g/mol. The van der Waals surface area contributed by atoms with Crippen LogP contribution in [0, 0.1) is 0 Å². The quantitative estimate of drug-likeness (QED) is 0.581. The van der Waals surface area contributed by atoms with Gasteiger partial charge in [0, 0.05) is 17.8 Å². The summed E-state index contributed by atoms with van der Waals surface area (Å²) in [5, 5.41) is 0.353. The molecule has 0 aliphatic heterocycles. The summed E-state index contributed by atoms with van der Waals surface area (Å²) in [6.45, 7) is 0.163. The summed E-state index contributed by atoms with van der Waals surface area (Å²) in [5.74, 6) is 0. The lowest BCUT2D eigenvalue weighted by atomic mass is 10.4. The number of nitrogens with one attached hydrogen (secondary N) is 1. The summed E-state index contributed by atoms with van der Waals surface area (Å²) in [6.07, 6.45) is 0. The van der Waals surface area contributed by atoms with Crippen LogP contribution < -0.4 is 4.72 Å². The first-order valence-corrected chi connectivity index (χ1v) is 4.58. The van der Waals surface area contributed by atoms with Gasteiger partial charge in [0.1, 0.15) is 5.15 Å².